The first-order valence-electron chi connectivity index (χ1n) is 5.34. The Hall–Kier alpha value is -1.31. The predicted octanol–water partition coefficient (Wildman–Crippen LogP) is 3.37. The third-order valence-electron chi connectivity index (χ3n) is 2.77. The maximum absolute atomic E-state index is 11.9. The second-order valence-corrected chi connectivity index (χ2v) is 4.56. The lowest BCUT2D eigenvalue weighted by Gasteiger charge is -2.21. The Labute approximate surface area is 91.7 Å². The summed E-state index contributed by atoms with van der Waals surface area (Å²) >= 11 is 0. The molecule has 2 heteroatoms. The third-order valence-corrected chi connectivity index (χ3v) is 2.77. The van der Waals surface area contributed by atoms with Gasteiger partial charge in [0, 0.05) is 11.1 Å². The van der Waals surface area contributed by atoms with E-state index in [1.165, 1.54) is 0 Å². The number of nitrogens with one attached hydrogen (secondary N) is 1. The summed E-state index contributed by atoms with van der Waals surface area (Å²) in [5, 5.41) is 2.94. The van der Waals surface area contributed by atoms with E-state index in [-0.39, 0.29) is 11.3 Å². The fourth-order valence-electron chi connectivity index (χ4n) is 1.18. The molecule has 0 aliphatic carbocycles. The molecule has 0 aliphatic rings. The van der Waals surface area contributed by atoms with Gasteiger partial charge < -0.3 is 5.32 Å². The van der Waals surface area contributed by atoms with Crippen molar-refractivity contribution in [3.8, 4) is 0 Å². The minimum atomic E-state index is -0.302. The number of rotatable bonds is 3. The molecular weight excluding hydrogens is 186 g/mol. The number of anilines is 1. The fraction of sp³-hybridized carbons (Fsp3) is 0.462. The van der Waals surface area contributed by atoms with Gasteiger partial charge in [-0.25, -0.2) is 0 Å². The summed E-state index contributed by atoms with van der Waals surface area (Å²) in [6.07, 6.45) is 0.838. The van der Waals surface area contributed by atoms with Gasteiger partial charge in [0.25, 0.3) is 0 Å². The minimum Gasteiger partial charge on any atom is -0.326 e. The maximum Gasteiger partial charge on any atom is 0.230 e. The van der Waals surface area contributed by atoms with Crippen LogP contribution in [0.5, 0.6) is 0 Å². The van der Waals surface area contributed by atoms with Crippen LogP contribution >= 0.6 is 0 Å². The van der Waals surface area contributed by atoms with Crippen LogP contribution in [0.15, 0.2) is 24.3 Å². The summed E-state index contributed by atoms with van der Waals surface area (Å²) in [5.41, 5.74) is 1.73. The third kappa shape index (κ3) is 3.08. The molecule has 15 heavy (non-hydrogen) atoms. The SMILES string of the molecule is CCC(C)(C)C(=O)Nc1cccc(C)c1. The van der Waals surface area contributed by atoms with E-state index in [0.29, 0.717) is 0 Å². The second kappa shape index (κ2) is 4.47. The van der Waals surface area contributed by atoms with Gasteiger partial charge in [0.05, 0.1) is 0 Å². The van der Waals surface area contributed by atoms with Crippen molar-refractivity contribution >= 4 is 11.6 Å². The first kappa shape index (κ1) is 11.8. The molecule has 1 amide bonds. The molecule has 0 heterocycles. The van der Waals surface area contributed by atoms with Crippen molar-refractivity contribution in [1.29, 1.82) is 0 Å². The number of carbonyl (C=O) groups excluding carboxylic acids is 1. The molecule has 2 nitrogen and oxygen atoms in total. The molecule has 82 valence electrons. The van der Waals surface area contributed by atoms with E-state index in [1.807, 2.05) is 52.0 Å². The van der Waals surface area contributed by atoms with E-state index in [1.54, 1.807) is 0 Å². The zero-order chi connectivity index (χ0) is 11.5. The molecule has 0 atom stereocenters. The van der Waals surface area contributed by atoms with Crippen LogP contribution < -0.4 is 5.32 Å². The molecule has 0 saturated carbocycles. The zero-order valence-corrected chi connectivity index (χ0v) is 9.92. The number of benzene rings is 1. The van der Waals surface area contributed by atoms with Crippen LogP contribution in [0.3, 0.4) is 0 Å². The number of hydrogen-bond acceptors (Lipinski definition) is 1. The molecule has 0 saturated heterocycles. The Morgan fingerprint density at radius 2 is 2.07 bits per heavy atom. The molecule has 1 aromatic rings. The number of carbonyl (C=O) groups is 1. The molecule has 0 aliphatic heterocycles. The van der Waals surface area contributed by atoms with E-state index in [4.69, 9.17) is 0 Å². The highest BCUT2D eigenvalue weighted by Gasteiger charge is 2.24. The van der Waals surface area contributed by atoms with Crippen molar-refractivity contribution in [1.82, 2.24) is 0 Å². The second-order valence-electron chi connectivity index (χ2n) is 4.56. The van der Waals surface area contributed by atoms with E-state index in [2.05, 4.69) is 5.32 Å². The highest BCUT2D eigenvalue weighted by molar-refractivity contribution is 5.94. The summed E-state index contributed by atoms with van der Waals surface area (Å²) in [6, 6.07) is 7.85. The fourth-order valence-corrected chi connectivity index (χ4v) is 1.18. The van der Waals surface area contributed by atoms with Crippen molar-refractivity contribution in [2.24, 2.45) is 5.41 Å². The Morgan fingerprint density at radius 3 is 2.60 bits per heavy atom. The first-order valence-corrected chi connectivity index (χ1v) is 5.34. The Bertz CT molecular complexity index is 355. The van der Waals surface area contributed by atoms with Crippen LogP contribution in [-0.2, 0) is 4.79 Å². The number of hydrogen-bond donors (Lipinski definition) is 1. The Kier molecular flexibility index (Phi) is 3.51. The summed E-state index contributed by atoms with van der Waals surface area (Å²) < 4.78 is 0. The summed E-state index contributed by atoms with van der Waals surface area (Å²) in [4.78, 5) is 11.9. The van der Waals surface area contributed by atoms with E-state index in [0.717, 1.165) is 17.7 Å². The molecule has 0 spiro atoms. The summed E-state index contributed by atoms with van der Waals surface area (Å²) in [6.45, 7) is 7.95. The van der Waals surface area contributed by atoms with Gasteiger partial charge in [-0.2, -0.15) is 0 Å². The van der Waals surface area contributed by atoms with E-state index in [9.17, 15) is 4.79 Å². The average Bonchev–Trinajstić information content (AvgIpc) is 2.17. The first-order chi connectivity index (χ1) is 6.95. The molecular formula is C13H19NO. The average molecular weight is 205 g/mol. The normalized spacial score (nSPS) is 11.2. The van der Waals surface area contributed by atoms with Gasteiger partial charge in [-0.3, -0.25) is 4.79 Å². The largest absolute Gasteiger partial charge is 0.326 e. The Balaban J connectivity index is 2.75. The van der Waals surface area contributed by atoms with E-state index >= 15 is 0 Å². The molecule has 0 fully saturated rings. The lowest BCUT2D eigenvalue weighted by molar-refractivity contribution is -0.124. The topological polar surface area (TPSA) is 29.1 Å². The molecule has 0 radical (unpaired) electrons. The highest BCUT2D eigenvalue weighted by Crippen LogP contribution is 2.22. The van der Waals surface area contributed by atoms with Gasteiger partial charge in [0.15, 0.2) is 0 Å². The van der Waals surface area contributed by atoms with Crippen molar-refractivity contribution in [3.63, 3.8) is 0 Å². The zero-order valence-electron chi connectivity index (χ0n) is 9.92. The van der Waals surface area contributed by atoms with Crippen molar-refractivity contribution in [2.45, 2.75) is 34.1 Å². The van der Waals surface area contributed by atoms with Crippen molar-refractivity contribution in [2.75, 3.05) is 5.32 Å². The number of amides is 1. The van der Waals surface area contributed by atoms with Gasteiger partial charge in [-0.1, -0.05) is 32.9 Å². The quantitative estimate of drug-likeness (QED) is 0.805. The molecule has 1 aromatic carbocycles. The van der Waals surface area contributed by atoms with Crippen LogP contribution in [0.4, 0.5) is 5.69 Å². The lowest BCUT2D eigenvalue weighted by Crippen LogP contribution is -2.29. The smallest absolute Gasteiger partial charge is 0.230 e. The van der Waals surface area contributed by atoms with Crippen LogP contribution in [-0.4, -0.2) is 5.91 Å². The van der Waals surface area contributed by atoms with Crippen LogP contribution in [0.2, 0.25) is 0 Å². The van der Waals surface area contributed by atoms with Crippen molar-refractivity contribution in [3.05, 3.63) is 29.8 Å². The van der Waals surface area contributed by atoms with Crippen LogP contribution in [0, 0.1) is 12.3 Å². The monoisotopic (exact) mass is 205 g/mol. The summed E-state index contributed by atoms with van der Waals surface area (Å²) in [5.74, 6) is 0.0793. The summed E-state index contributed by atoms with van der Waals surface area (Å²) in [7, 11) is 0. The molecule has 0 aromatic heterocycles. The molecule has 0 unspecified atom stereocenters. The van der Waals surface area contributed by atoms with Gasteiger partial charge in [0.2, 0.25) is 5.91 Å². The minimum absolute atomic E-state index is 0.0793. The van der Waals surface area contributed by atoms with Gasteiger partial charge in [0.1, 0.15) is 0 Å². The molecule has 1 N–H and O–H groups in total. The standard InChI is InChI=1S/C13H19NO/c1-5-13(3,4)12(15)14-11-8-6-7-10(2)9-11/h6-9H,5H2,1-4H3,(H,14,15). The highest BCUT2D eigenvalue weighted by atomic mass is 16.2. The predicted molar refractivity (Wildman–Crippen MR) is 63.9 cm³/mol. The van der Waals surface area contributed by atoms with Crippen LogP contribution in [0.25, 0.3) is 0 Å². The van der Waals surface area contributed by atoms with Crippen molar-refractivity contribution < 1.29 is 4.79 Å². The van der Waals surface area contributed by atoms with Crippen LogP contribution in [0.1, 0.15) is 32.8 Å². The maximum atomic E-state index is 11.9. The molecule has 0 bridgehead atoms. The Morgan fingerprint density at radius 1 is 1.40 bits per heavy atom. The lowest BCUT2D eigenvalue weighted by atomic mass is 9.89. The van der Waals surface area contributed by atoms with Gasteiger partial charge >= 0.3 is 0 Å². The van der Waals surface area contributed by atoms with Gasteiger partial charge in [-0.15, -0.1) is 0 Å². The molecule has 1 rings (SSSR count). The van der Waals surface area contributed by atoms with E-state index < -0.39 is 0 Å². The number of aryl methyl sites for hydroxylation is 1. The van der Waals surface area contributed by atoms with Gasteiger partial charge in [-0.05, 0) is 31.0 Å².